The van der Waals surface area contributed by atoms with Crippen LogP contribution in [0.15, 0.2) is 12.3 Å². The van der Waals surface area contributed by atoms with E-state index in [1.54, 1.807) is 13.2 Å². The average Bonchev–Trinajstić information content (AvgIpc) is 2.82. The molecule has 1 amide bonds. The molecule has 1 aromatic heterocycles. The molecule has 0 bridgehead atoms. The van der Waals surface area contributed by atoms with E-state index < -0.39 is 24.7 Å². The smallest absolute Gasteiger partial charge is 0.325 e. The van der Waals surface area contributed by atoms with E-state index in [1.807, 2.05) is 0 Å². The summed E-state index contributed by atoms with van der Waals surface area (Å²) in [6, 6.07) is 1.04. The molecule has 20 heavy (non-hydrogen) atoms. The first kappa shape index (κ1) is 14.8. The monoisotopic (exact) mass is 290 g/mol. The highest BCUT2D eigenvalue weighted by Crippen LogP contribution is 2.22. The highest BCUT2D eigenvalue weighted by molar-refractivity contribution is 5.92. The molecule has 1 saturated heterocycles. The molecule has 0 radical (unpaired) electrons. The Morgan fingerprint density at radius 2 is 2.15 bits per heavy atom. The van der Waals surface area contributed by atoms with Gasteiger partial charge in [0.25, 0.3) is 5.91 Å². The molecule has 0 saturated carbocycles. The van der Waals surface area contributed by atoms with E-state index in [0.29, 0.717) is 25.9 Å². The molecule has 1 aliphatic heterocycles. The third-order valence-corrected chi connectivity index (χ3v) is 3.29. The van der Waals surface area contributed by atoms with E-state index in [0.717, 1.165) is 4.90 Å². The lowest BCUT2D eigenvalue weighted by molar-refractivity contribution is -0.145. The summed E-state index contributed by atoms with van der Waals surface area (Å²) in [5.74, 6) is -0.658. The van der Waals surface area contributed by atoms with E-state index in [9.17, 15) is 18.0 Å². The first-order valence-corrected chi connectivity index (χ1v) is 6.45. The fourth-order valence-electron chi connectivity index (χ4n) is 2.35. The Morgan fingerprint density at radius 1 is 1.50 bits per heavy atom. The van der Waals surface area contributed by atoms with Crippen LogP contribution in [-0.4, -0.2) is 52.4 Å². The Hall–Kier alpha value is -1.57. The van der Waals surface area contributed by atoms with Crippen molar-refractivity contribution in [1.29, 1.82) is 0 Å². The standard InChI is InChI=1S/C12H17F3N4O/c1-18-7-4-10(17-18)11(20)19(8-12(13,14)15)9-2-5-16-6-3-9/h4,7,9,16H,2-3,5-6,8H2,1H3. The van der Waals surface area contributed by atoms with Gasteiger partial charge < -0.3 is 10.2 Å². The van der Waals surface area contributed by atoms with Crippen molar-refractivity contribution in [2.45, 2.75) is 25.1 Å². The van der Waals surface area contributed by atoms with Crippen LogP contribution in [0.3, 0.4) is 0 Å². The summed E-state index contributed by atoms with van der Waals surface area (Å²) >= 11 is 0. The highest BCUT2D eigenvalue weighted by atomic mass is 19.4. The Kier molecular flexibility index (Phi) is 4.32. The van der Waals surface area contributed by atoms with Crippen LogP contribution in [0.5, 0.6) is 0 Å². The first-order valence-electron chi connectivity index (χ1n) is 6.45. The van der Waals surface area contributed by atoms with Crippen molar-refractivity contribution < 1.29 is 18.0 Å². The summed E-state index contributed by atoms with van der Waals surface area (Å²) in [6.45, 7) is 0.0100. The van der Waals surface area contributed by atoms with Gasteiger partial charge in [-0.15, -0.1) is 0 Å². The van der Waals surface area contributed by atoms with Crippen molar-refractivity contribution in [2.24, 2.45) is 7.05 Å². The maximum Gasteiger partial charge on any atom is 0.406 e. The minimum atomic E-state index is -4.41. The Balaban J connectivity index is 2.18. The molecule has 0 atom stereocenters. The number of nitrogens with one attached hydrogen (secondary N) is 1. The van der Waals surface area contributed by atoms with Gasteiger partial charge in [-0.05, 0) is 32.0 Å². The Morgan fingerprint density at radius 3 is 2.65 bits per heavy atom. The van der Waals surface area contributed by atoms with Crippen molar-refractivity contribution >= 4 is 5.91 Å². The zero-order chi connectivity index (χ0) is 14.8. The van der Waals surface area contributed by atoms with E-state index in [-0.39, 0.29) is 5.69 Å². The summed E-state index contributed by atoms with van der Waals surface area (Å²) in [4.78, 5) is 13.2. The van der Waals surface area contributed by atoms with Gasteiger partial charge in [0.2, 0.25) is 0 Å². The van der Waals surface area contributed by atoms with Crippen molar-refractivity contribution in [3.05, 3.63) is 18.0 Å². The van der Waals surface area contributed by atoms with Crippen LogP contribution < -0.4 is 5.32 Å². The predicted octanol–water partition coefficient (Wildman–Crippen LogP) is 1.18. The van der Waals surface area contributed by atoms with Crippen LogP contribution in [0.4, 0.5) is 13.2 Å². The SMILES string of the molecule is Cn1ccc(C(=O)N(CC(F)(F)F)C2CCNCC2)n1. The van der Waals surface area contributed by atoms with E-state index in [2.05, 4.69) is 10.4 Å². The molecule has 0 unspecified atom stereocenters. The van der Waals surface area contributed by atoms with Crippen LogP contribution in [0.1, 0.15) is 23.3 Å². The molecule has 1 fully saturated rings. The lowest BCUT2D eigenvalue weighted by Gasteiger charge is -2.34. The van der Waals surface area contributed by atoms with Gasteiger partial charge in [0, 0.05) is 19.3 Å². The molecule has 2 rings (SSSR count). The normalized spacial score (nSPS) is 17.2. The largest absolute Gasteiger partial charge is 0.406 e. The van der Waals surface area contributed by atoms with Gasteiger partial charge in [-0.25, -0.2) is 0 Å². The fourth-order valence-corrected chi connectivity index (χ4v) is 2.35. The lowest BCUT2D eigenvalue weighted by Crippen LogP contribution is -2.49. The molecular weight excluding hydrogens is 273 g/mol. The molecule has 1 N–H and O–H groups in total. The van der Waals surface area contributed by atoms with Crippen molar-refractivity contribution in [2.75, 3.05) is 19.6 Å². The Labute approximate surface area is 114 Å². The van der Waals surface area contributed by atoms with Crippen molar-refractivity contribution in [3.63, 3.8) is 0 Å². The second kappa shape index (κ2) is 5.82. The number of aryl methyl sites for hydroxylation is 1. The van der Waals surface area contributed by atoms with Crippen LogP contribution in [-0.2, 0) is 7.05 Å². The van der Waals surface area contributed by atoms with Gasteiger partial charge in [0.05, 0.1) is 0 Å². The molecule has 2 heterocycles. The number of nitrogens with zero attached hydrogens (tertiary/aromatic N) is 3. The third kappa shape index (κ3) is 3.72. The van der Waals surface area contributed by atoms with Gasteiger partial charge in [-0.3, -0.25) is 9.48 Å². The summed E-state index contributed by atoms with van der Waals surface area (Å²) in [7, 11) is 1.62. The number of carbonyl (C=O) groups is 1. The first-order chi connectivity index (χ1) is 9.37. The van der Waals surface area contributed by atoms with Gasteiger partial charge in [-0.2, -0.15) is 18.3 Å². The number of amides is 1. The van der Waals surface area contributed by atoms with Gasteiger partial charge >= 0.3 is 6.18 Å². The molecule has 0 spiro atoms. The number of carbonyl (C=O) groups excluding carboxylic acids is 1. The van der Waals surface area contributed by atoms with Gasteiger partial charge in [0.1, 0.15) is 12.2 Å². The summed E-state index contributed by atoms with van der Waals surface area (Å²) in [6.07, 6.45) is -1.82. The molecule has 8 heteroatoms. The summed E-state index contributed by atoms with van der Waals surface area (Å²) < 4.78 is 39.5. The minimum absolute atomic E-state index is 0.0512. The van der Waals surface area contributed by atoms with Crippen molar-refractivity contribution in [1.82, 2.24) is 20.0 Å². The second-order valence-corrected chi connectivity index (χ2v) is 4.90. The molecule has 0 aliphatic carbocycles. The molecule has 5 nitrogen and oxygen atoms in total. The lowest BCUT2D eigenvalue weighted by atomic mass is 10.0. The molecule has 1 aromatic rings. The summed E-state index contributed by atoms with van der Waals surface area (Å²) in [5, 5.41) is 6.98. The zero-order valence-electron chi connectivity index (χ0n) is 11.2. The minimum Gasteiger partial charge on any atom is -0.325 e. The van der Waals surface area contributed by atoms with E-state index in [4.69, 9.17) is 0 Å². The second-order valence-electron chi connectivity index (χ2n) is 4.90. The highest BCUT2D eigenvalue weighted by Gasteiger charge is 2.37. The maximum atomic E-state index is 12.7. The number of hydrogen-bond donors (Lipinski definition) is 1. The van der Waals surface area contributed by atoms with Gasteiger partial charge in [0.15, 0.2) is 0 Å². The third-order valence-electron chi connectivity index (χ3n) is 3.29. The number of hydrogen-bond acceptors (Lipinski definition) is 3. The average molecular weight is 290 g/mol. The molecular formula is C12H17F3N4O. The molecule has 1 aliphatic rings. The maximum absolute atomic E-state index is 12.7. The zero-order valence-corrected chi connectivity index (χ0v) is 11.2. The number of rotatable bonds is 3. The van der Waals surface area contributed by atoms with Gasteiger partial charge in [-0.1, -0.05) is 0 Å². The van der Waals surface area contributed by atoms with Crippen LogP contribution in [0, 0.1) is 0 Å². The fraction of sp³-hybridized carbons (Fsp3) is 0.667. The number of alkyl halides is 3. The predicted molar refractivity (Wildman–Crippen MR) is 66.2 cm³/mol. The number of halogens is 3. The number of piperidine rings is 1. The number of aromatic nitrogens is 2. The molecule has 112 valence electrons. The molecule has 0 aromatic carbocycles. The topological polar surface area (TPSA) is 50.2 Å². The van der Waals surface area contributed by atoms with E-state index in [1.165, 1.54) is 10.7 Å². The summed E-state index contributed by atoms with van der Waals surface area (Å²) in [5.41, 5.74) is 0.0512. The quantitative estimate of drug-likeness (QED) is 0.909. The van der Waals surface area contributed by atoms with Crippen LogP contribution in [0.25, 0.3) is 0 Å². The van der Waals surface area contributed by atoms with Crippen LogP contribution >= 0.6 is 0 Å². The van der Waals surface area contributed by atoms with Crippen LogP contribution in [0.2, 0.25) is 0 Å². The van der Waals surface area contributed by atoms with Crippen molar-refractivity contribution in [3.8, 4) is 0 Å². The van der Waals surface area contributed by atoms with E-state index >= 15 is 0 Å². The Bertz CT molecular complexity index is 466.